The molecule has 1 atom stereocenters. The van der Waals surface area contributed by atoms with Crippen LogP contribution in [-0.4, -0.2) is 14.2 Å². The highest BCUT2D eigenvalue weighted by Gasteiger charge is 2.17. The van der Waals surface area contributed by atoms with E-state index in [0.717, 1.165) is 24.2 Å². The number of methoxy groups -OCH3 is 2. The van der Waals surface area contributed by atoms with E-state index >= 15 is 0 Å². The Balaban J connectivity index is 3.20. The molecule has 0 saturated carbocycles. The van der Waals surface area contributed by atoms with E-state index in [9.17, 15) is 0 Å². The van der Waals surface area contributed by atoms with Crippen LogP contribution in [0.15, 0.2) is 12.1 Å². The van der Waals surface area contributed by atoms with Gasteiger partial charge in [-0.05, 0) is 24.0 Å². The highest BCUT2D eigenvalue weighted by molar-refractivity contribution is 6.32. The van der Waals surface area contributed by atoms with Crippen LogP contribution >= 0.6 is 11.6 Å². The number of benzene rings is 1. The Labute approximate surface area is 114 Å². The van der Waals surface area contributed by atoms with Crippen molar-refractivity contribution in [2.24, 2.45) is 0 Å². The fraction of sp³-hybridized carbons (Fsp3) is 0.467. The fourth-order valence-corrected chi connectivity index (χ4v) is 2.31. The molecular weight excluding hydrogens is 248 g/mol. The predicted molar refractivity (Wildman–Crippen MR) is 75.7 cm³/mol. The molecule has 3 heteroatoms. The Hall–Kier alpha value is -1.33. The molecule has 1 aromatic carbocycles. The number of terminal acetylenes is 1. The van der Waals surface area contributed by atoms with Gasteiger partial charge >= 0.3 is 0 Å². The summed E-state index contributed by atoms with van der Waals surface area (Å²) >= 11 is 6.17. The molecule has 0 spiro atoms. The van der Waals surface area contributed by atoms with Crippen LogP contribution < -0.4 is 9.47 Å². The first-order chi connectivity index (χ1) is 8.67. The van der Waals surface area contributed by atoms with Crippen molar-refractivity contribution in [2.45, 2.75) is 32.1 Å². The van der Waals surface area contributed by atoms with E-state index in [-0.39, 0.29) is 5.92 Å². The standard InChI is InChI=1S/C15H19ClO2/c1-5-7-11(8-6-2)12-9-13(16)15(18-4)10-14(12)17-3/h1,9-11H,6-8H2,2-4H3. The van der Waals surface area contributed by atoms with Crippen LogP contribution in [0.25, 0.3) is 0 Å². The second kappa shape index (κ2) is 7.18. The van der Waals surface area contributed by atoms with Crippen LogP contribution in [0.1, 0.15) is 37.7 Å². The van der Waals surface area contributed by atoms with Crippen molar-refractivity contribution >= 4 is 11.6 Å². The smallest absolute Gasteiger partial charge is 0.141 e. The molecule has 0 aliphatic rings. The van der Waals surface area contributed by atoms with Crippen molar-refractivity contribution in [2.75, 3.05) is 14.2 Å². The lowest BCUT2D eigenvalue weighted by molar-refractivity contribution is 0.387. The molecule has 1 aromatic rings. The van der Waals surface area contributed by atoms with Crippen LogP contribution in [0.2, 0.25) is 5.02 Å². The molecular formula is C15H19ClO2. The number of hydrogen-bond donors (Lipinski definition) is 0. The molecule has 0 aromatic heterocycles. The van der Waals surface area contributed by atoms with Crippen molar-refractivity contribution in [1.29, 1.82) is 0 Å². The van der Waals surface area contributed by atoms with Gasteiger partial charge in [0.1, 0.15) is 11.5 Å². The summed E-state index contributed by atoms with van der Waals surface area (Å²) in [6.45, 7) is 2.14. The largest absolute Gasteiger partial charge is 0.496 e. The molecule has 0 N–H and O–H groups in total. The van der Waals surface area contributed by atoms with Crippen molar-refractivity contribution in [3.05, 3.63) is 22.7 Å². The van der Waals surface area contributed by atoms with E-state index in [0.29, 0.717) is 17.2 Å². The van der Waals surface area contributed by atoms with Crippen molar-refractivity contribution in [3.63, 3.8) is 0 Å². The third kappa shape index (κ3) is 3.34. The molecule has 1 unspecified atom stereocenters. The molecule has 0 aliphatic heterocycles. The maximum atomic E-state index is 6.17. The van der Waals surface area contributed by atoms with E-state index in [2.05, 4.69) is 12.8 Å². The Morgan fingerprint density at radius 3 is 2.44 bits per heavy atom. The fourth-order valence-electron chi connectivity index (χ4n) is 2.06. The summed E-state index contributed by atoms with van der Waals surface area (Å²) in [7, 11) is 3.23. The van der Waals surface area contributed by atoms with Crippen molar-refractivity contribution < 1.29 is 9.47 Å². The monoisotopic (exact) mass is 266 g/mol. The molecule has 0 bridgehead atoms. The van der Waals surface area contributed by atoms with Gasteiger partial charge < -0.3 is 9.47 Å². The number of ether oxygens (including phenoxy) is 2. The minimum atomic E-state index is 0.276. The molecule has 2 nitrogen and oxygen atoms in total. The van der Waals surface area contributed by atoms with Gasteiger partial charge in [0.2, 0.25) is 0 Å². The van der Waals surface area contributed by atoms with Gasteiger partial charge in [0.05, 0.1) is 19.2 Å². The summed E-state index contributed by atoms with van der Waals surface area (Å²) in [6, 6.07) is 3.72. The zero-order chi connectivity index (χ0) is 13.5. The summed E-state index contributed by atoms with van der Waals surface area (Å²) in [5, 5.41) is 0.589. The maximum absolute atomic E-state index is 6.17. The first-order valence-corrected chi connectivity index (χ1v) is 6.40. The zero-order valence-corrected chi connectivity index (χ0v) is 11.9. The second-order valence-corrected chi connectivity index (χ2v) is 4.53. The van der Waals surface area contributed by atoms with Gasteiger partial charge in [0.15, 0.2) is 0 Å². The van der Waals surface area contributed by atoms with Crippen LogP contribution in [0.3, 0.4) is 0 Å². The van der Waals surface area contributed by atoms with Gasteiger partial charge in [-0.1, -0.05) is 24.9 Å². The normalized spacial score (nSPS) is 11.7. The van der Waals surface area contributed by atoms with Crippen LogP contribution in [0.4, 0.5) is 0 Å². The van der Waals surface area contributed by atoms with Gasteiger partial charge in [-0.15, -0.1) is 12.3 Å². The number of halogens is 1. The Morgan fingerprint density at radius 2 is 1.94 bits per heavy atom. The quantitative estimate of drug-likeness (QED) is 0.716. The first kappa shape index (κ1) is 14.7. The third-order valence-electron chi connectivity index (χ3n) is 2.95. The van der Waals surface area contributed by atoms with E-state index in [1.807, 2.05) is 12.1 Å². The average Bonchev–Trinajstić information content (AvgIpc) is 2.38. The Bertz CT molecular complexity index is 435. The highest BCUT2D eigenvalue weighted by Crippen LogP contribution is 2.39. The molecule has 0 fully saturated rings. The summed E-state index contributed by atoms with van der Waals surface area (Å²) < 4.78 is 10.6. The zero-order valence-electron chi connectivity index (χ0n) is 11.1. The highest BCUT2D eigenvalue weighted by atomic mass is 35.5. The lowest BCUT2D eigenvalue weighted by atomic mass is 9.91. The van der Waals surface area contributed by atoms with E-state index in [1.165, 1.54) is 0 Å². The molecule has 18 heavy (non-hydrogen) atoms. The minimum absolute atomic E-state index is 0.276. The molecule has 0 amide bonds. The van der Waals surface area contributed by atoms with E-state index < -0.39 is 0 Å². The van der Waals surface area contributed by atoms with Gasteiger partial charge in [0.25, 0.3) is 0 Å². The summed E-state index contributed by atoms with van der Waals surface area (Å²) in [4.78, 5) is 0. The van der Waals surface area contributed by atoms with Gasteiger partial charge in [-0.2, -0.15) is 0 Å². The SMILES string of the molecule is C#CCC(CCC)c1cc(Cl)c(OC)cc1OC. The molecule has 0 radical (unpaired) electrons. The molecule has 0 aliphatic carbocycles. The van der Waals surface area contributed by atoms with Gasteiger partial charge in [-0.3, -0.25) is 0 Å². The lowest BCUT2D eigenvalue weighted by Gasteiger charge is -2.19. The minimum Gasteiger partial charge on any atom is -0.496 e. The summed E-state index contributed by atoms with van der Waals surface area (Å²) in [5.74, 6) is 4.40. The van der Waals surface area contributed by atoms with Crippen LogP contribution in [0, 0.1) is 12.3 Å². The average molecular weight is 267 g/mol. The van der Waals surface area contributed by atoms with Crippen LogP contribution in [-0.2, 0) is 0 Å². The third-order valence-corrected chi connectivity index (χ3v) is 3.24. The van der Waals surface area contributed by atoms with Crippen LogP contribution in [0.5, 0.6) is 11.5 Å². The van der Waals surface area contributed by atoms with Gasteiger partial charge in [0, 0.05) is 12.5 Å². The number of rotatable bonds is 6. The van der Waals surface area contributed by atoms with Crippen molar-refractivity contribution in [3.8, 4) is 23.8 Å². The summed E-state index contributed by atoms with van der Waals surface area (Å²) in [6.07, 6.45) is 8.21. The lowest BCUT2D eigenvalue weighted by Crippen LogP contribution is -2.02. The van der Waals surface area contributed by atoms with E-state index in [1.54, 1.807) is 14.2 Å². The number of hydrogen-bond acceptors (Lipinski definition) is 2. The molecule has 0 heterocycles. The Morgan fingerprint density at radius 1 is 1.28 bits per heavy atom. The van der Waals surface area contributed by atoms with Crippen molar-refractivity contribution in [1.82, 2.24) is 0 Å². The molecule has 98 valence electrons. The predicted octanol–water partition coefficient (Wildman–Crippen LogP) is 4.26. The second-order valence-electron chi connectivity index (χ2n) is 4.12. The topological polar surface area (TPSA) is 18.5 Å². The molecule has 0 saturated heterocycles. The maximum Gasteiger partial charge on any atom is 0.141 e. The van der Waals surface area contributed by atoms with E-state index in [4.69, 9.17) is 27.5 Å². The molecule has 1 rings (SSSR count). The first-order valence-electron chi connectivity index (χ1n) is 6.02. The summed E-state index contributed by atoms with van der Waals surface area (Å²) in [5.41, 5.74) is 1.06. The van der Waals surface area contributed by atoms with Gasteiger partial charge in [-0.25, -0.2) is 0 Å². The Kier molecular flexibility index (Phi) is 5.88.